The Morgan fingerprint density at radius 3 is 2.56 bits per heavy atom. The van der Waals surface area contributed by atoms with Gasteiger partial charge in [-0.05, 0) is 26.3 Å². The van der Waals surface area contributed by atoms with Gasteiger partial charge in [0.25, 0.3) is 0 Å². The summed E-state index contributed by atoms with van der Waals surface area (Å²) in [7, 11) is 1.99. The van der Waals surface area contributed by atoms with E-state index in [2.05, 4.69) is 34.6 Å². The molecule has 2 rings (SSSR count). The highest BCUT2D eigenvalue weighted by Crippen LogP contribution is 2.10. The van der Waals surface area contributed by atoms with Crippen LogP contribution in [-0.4, -0.2) is 19.3 Å². The average molecular weight is 218 g/mol. The van der Waals surface area contributed by atoms with E-state index in [0.717, 1.165) is 24.4 Å². The fourth-order valence-corrected chi connectivity index (χ4v) is 1.77. The van der Waals surface area contributed by atoms with Crippen LogP contribution in [0.4, 0.5) is 0 Å². The molecule has 0 bridgehead atoms. The van der Waals surface area contributed by atoms with Crippen LogP contribution in [0.1, 0.15) is 29.7 Å². The van der Waals surface area contributed by atoms with E-state index < -0.39 is 0 Å². The van der Waals surface area contributed by atoms with Crippen molar-refractivity contribution < 1.29 is 0 Å². The van der Waals surface area contributed by atoms with Crippen molar-refractivity contribution >= 4 is 0 Å². The highest BCUT2D eigenvalue weighted by molar-refractivity contribution is 5.14. The number of hydrogen-bond donors (Lipinski definition) is 0. The minimum atomic E-state index is 0.843. The van der Waals surface area contributed by atoms with Crippen molar-refractivity contribution in [3.8, 4) is 0 Å². The maximum atomic E-state index is 4.44. The quantitative estimate of drug-likeness (QED) is 0.788. The Kier molecular flexibility index (Phi) is 2.81. The molecule has 0 amide bonds. The van der Waals surface area contributed by atoms with Crippen LogP contribution in [0.5, 0.6) is 0 Å². The van der Waals surface area contributed by atoms with Crippen molar-refractivity contribution in [1.82, 2.24) is 19.3 Å². The van der Waals surface area contributed by atoms with E-state index >= 15 is 0 Å². The molecular weight excluding hydrogens is 200 g/mol. The molecule has 0 aromatic carbocycles. The molecule has 2 heterocycles. The average Bonchev–Trinajstić information content (AvgIpc) is 2.77. The van der Waals surface area contributed by atoms with Crippen molar-refractivity contribution in [3.63, 3.8) is 0 Å². The van der Waals surface area contributed by atoms with Crippen molar-refractivity contribution in [2.75, 3.05) is 0 Å². The van der Waals surface area contributed by atoms with Crippen LogP contribution >= 0.6 is 0 Å². The van der Waals surface area contributed by atoms with Gasteiger partial charge in [0, 0.05) is 12.7 Å². The van der Waals surface area contributed by atoms with E-state index in [-0.39, 0.29) is 0 Å². The van der Waals surface area contributed by atoms with E-state index in [0.29, 0.717) is 0 Å². The van der Waals surface area contributed by atoms with Crippen molar-refractivity contribution in [2.24, 2.45) is 7.05 Å². The molecule has 4 heteroatoms. The molecule has 0 saturated carbocycles. The summed E-state index contributed by atoms with van der Waals surface area (Å²) in [6.45, 7) is 7.10. The molecule has 2 aromatic rings. The monoisotopic (exact) mass is 218 g/mol. The molecule has 0 atom stereocenters. The van der Waals surface area contributed by atoms with Crippen LogP contribution < -0.4 is 0 Å². The first-order valence-electron chi connectivity index (χ1n) is 5.62. The van der Waals surface area contributed by atoms with Crippen LogP contribution in [0.3, 0.4) is 0 Å². The molecule has 0 unspecified atom stereocenters. The molecule has 86 valence electrons. The van der Waals surface area contributed by atoms with Crippen LogP contribution in [0.2, 0.25) is 0 Å². The molecule has 0 saturated heterocycles. The predicted octanol–water partition coefficient (Wildman–Crippen LogP) is 1.84. The van der Waals surface area contributed by atoms with Gasteiger partial charge in [0.05, 0.1) is 30.0 Å². The smallest absolute Gasteiger partial charge is 0.0955 e. The SMILES string of the molecule is CCc1cc(Cn2cnc(C)c2C)n(C)n1. The molecule has 0 fully saturated rings. The standard InChI is InChI=1S/C12H18N4/c1-5-11-6-12(15(4)14-11)7-16-8-13-9(2)10(16)3/h6,8H,5,7H2,1-4H3. The van der Waals surface area contributed by atoms with Crippen LogP contribution in [0, 0.1) is 13.8 Å². The molecule has 16 heavy (non-hydrogen) atoms. The first-order valence-corrected chi connectivity index (χ1v) is 5.62. The van der Waals surface area contributed by atoms with Gasteiger partial charge in [0.1, 0.15) is 0 Å². The Morgan fingerprint density at radius 2 is 2.06 bits per heavy atom. The van der Waals surface area contributed by atoms with Gasteiger partial charge in [-0.25, -0.2) is 4.98 Å². The van der Waals surface area contributed by atoms with E-state index in [9.17, 15) is 0 Å². The van der Waals surface area contributed by atoms with Gasteiger partial charge in [-0.3, -0.25) is 4.68 Å². The van der Waals surface area contributed by atoms with Crippen molar-refractivity contribution in [3.05, 3.63) is 35.2 Å². The topological polar surface area (TPSA) is 35.6 Å². The van der Waals surface area contributed by atoms with E-state index in [4.69, 9.17) is 0 Å². The molecule has 2 aromatic heterocycles. The number of aromatic nitrogens is 4. The van der Waals surface area contributed by atoms with Crippen molar-refractivity contribution in [2.45, 2.75) is 33.7 Å². The zero-order valence-electron chi connectivity index (χ0n) is 10.4. The molecule has 0 aliphatic rings. The normalized spacial score (nSPS) is 11.0. The predicted molar refractivity (Wildman–Crippen MR) is 63.4 cm³/mol. The molecule has 0 spiro atoms. The molecule has 0 N–H and O–H groups in total. The lowest BCUT2D eigenvalue weighted by atomic mass is 10.3. The second kappa shape index (κ2) is 4.12. The number of hydrogen-bond acceptors (Lipinski definition) is 2. The van der Waals surface area contributed by atoms with Gasteiger partial charge in [0.2, 0.25) is 0 Å². The Labute approximate surface area is 95.9 Å². The molecule has 0 aliphatic carbocycles. The summed E-state index contributed by atoms with van der Waals surface area (Å²) < 4.78 is 4.11. The van der Waals surface area contributed by atoms with Crippen molar-refractivity contribution in [1.29, 1.82) is 0 Å². The van der Waals surface area contributed by atoms with E-state index in [1.165, 1.54) is 11.4 Å². The molecule has 4 nitrogen and oxygen atoms in total. The third kappa shape index (κ3) is 1.87. The molecule has 0 radical (unpaired) electrons. The minimum absolute atomic E-state index is 0.843. The van der Waals surface area contributed by atoms with Gasteiger partial charge >= 0.3 is 0 Å². The third-order valence-corrected chi connectivity index (χ3v) is 3.07. The molecule has 0 aliphatic heterocycles. The Balaban J connectivity index is 2.26. The van der Waals surface area contributed by atoms with Crippen LogP contribution in [0.15, 0.2) is 12.4 Å². The van der Waals surface area contributed by atoms with Crippen LogP contribution in [0.25, 0.3) is 0 Å². The fraction of sp³-hybridized carbons (Fsp3) is 0.500. The summed E-state index contributed by atoms with van der Waals surface area (Å²) in [6.07, 6.45) is 2.87. The number of rotatable bonds is 3. The second-order valence-corrected chi connectivity index (χ2v) is 4.15. The van der Waals surface area contributed by atoms with E-state index in [1.807, 2.05) is 25.0 Å². The summed E-state index contributed by atoms with van der Waals surface area (Å²) in [4.78, 5) is 4.30. The maximum Gasteiger partial charge on any atom is 0.0955 e. The number of imidazole rings is 1. The summed E-state index contributed by atoms with van der Waals surface area (Å²) in [6, 6.07) is 2.16. The number of nitrogens with zero attached hydrogens (tertiary/aromatic N) is 4. The lowest BCUT2D eigenvalue weighted by Crippen LogP contribution is -2.06. The zero-order chi connectivity index (χ0) is 11.7. The first-order chi connectivity index (χ1) is 7.61. The lowest BCUT2D eigenvalue weighted by Gasteiger charge is -2.05. The number of aryl methyl sites for hydroxylation is 3. The summed E-state index contributed by atoms with van der Waals surface area (Å²) in [5.74, 6) is 0. The fourth-order valence-electron chi connectivity index (χ4n) is 1.77. The minimum Gasteiger partial charge on any atom is -0.329 e. The molecular formula is C12H18N4. The van der Waals surface area contributed by atoms with E-state index in [1.54, 1.807) is 0 Å². The van der Waals surface area contributed by atoms with Crippen LogP contribution in [-0.2, 0) is 20.0 Å². The highest BCUT2D eigenvalue weighted by atomic mass is 15.3. The van der Waals surface area contributed by atoms with Gasteiger partial charge in [-0.2, -0.15) is 5.10 Å². The Bertz CT molecular complexity index is 493. The first kappa shape index (κ1) is 10.9. The van der Waals surface area contributed by atoms with Gasteiger partial charge in [-0.15, -0.1) is 0 Å². The largest absolute Gasteiger partial charge is 0.329 e. The summed E-state index contributed by atoms with van der Waals surface area (Å²) in [5, 5.41) is 4.44. The van der Waals surface area contributed by atoms with Gasteiger partial charge in [-0.1, -0.05) is 6.92 Å². The Morgan fingerprint density at radius 1 is 1.31 bits per heavy atom. The Hall–Kier alpha value is -1.58. The zero-order valence-corrected chi connectivity index (χ0v) is 10.4. The third-order valence-electron chi connectivity index (χ3n) is 3.07. The van der Waals surface area contributed by atoms with Gasteiger partial charge < -0.3 is 4.57 Å². The second-order valence-electron chi connectivity index (χ2n) is 4.15. The maximum absolute atomic E-state index is 4.44. The highest BCUT2D eigenvalue weighted by Gasteiger charge is 2.07. The summed E-state index contributed by atoms with van der Waals surface area (Å²) >= 11 is 0. The summed E-state index contributed by atoms with van der Waals surface area (Å²) in [5.41, 5.74) is 4.68. The van der Waals surface area contributed by atoms with Gasteiger partial charge in [0.15, 0.2) is 0 Å². The lowest BCUT2D eigenvalue weighted by molar-refractivity contribution is 0.652.